The molecular weight excluding hydrogens is 318 g/mol. The molecule has 0 N–H and O–H groups in total. The molecule has 25 heavy (non-hydrogen) atoms. The molecule has 0 bridgehead atoms. The van der Waals surface area contributed by atoms with E-state index in [1.807, 2.05) is 60.7 Å². The summed E-state index contributed by atoms with van der Waals surface area (Å²) in [5, 5.41) is 0.999. The maximum absolute atomic E-state index is 11.8. The van der Waals surface area contributed by atoms with Crippen molar-refractivity contribution in [2.45, 2.75) is 12.3 Å². The van der Waals surface area contributed by atoms with Crippen molar-refractivity contribution in [2.75, 3.05) is 20.8 Å². The summed E-state index contributed by atoms with van der Waals surface area (Å²) in [6, 6.07) is 19.2. The molecule has 130 valence electrons. The van der Waals surface area contributed by atoms with Crippen molar-refractivity contribution in [1.82, 2.24) is 4.90 Å². The van der Waals surface area contributed by atoms with E-state index in [1.54, 1.807) is 19.1 Å². The van der Waals surface area contributed by atoms with Crippen LogP contribution in [0.4, 0.5) is 0 Å². The highest BCUT2D eigenvalue weighted by atomic mass is 16.7. The Balaban J connectivity index is 2.04. The Hall–Kier alpha value is -2.63. The molecule has 3 rings (SSSR count). The summed E-state index contributed by atoms with van der Waals surface area (Å²) in [4.78, 5) is 13.5. The molecule has 1 aromatic heterocycles. The van der Waals surface area contributed by atoms with Gasteiger partial charge in [-0.3, -0.25) is 4.79 Å². The second-order valence-corrected chi connectivity index (χ2v) is 5.70. The van der Waals surface area contributed by atoms with Gasteiger partial charge in [0.2, 0.25) is 6.41 Å². The van der Waals surface area contributed by atoms with Crippen LogP contribution in [0.3, 0.4) is 0 Å². The number of para-hydroxylation sites is 1. The number of hydrogen-bond acceptors (Lipinski definition) is 4. The normalized spacial score (nSPS) is 12.4. The molecule has 0 unspecified atom stereocenters. The first-order valence-corrected chi connectivity index (χ1v) is 8.07. The van der Waals surface area contributed by atoms with E-state index in [2.05, 4.69) is 0 Å². The highest BCUT2D eigenvalue weighted by Gasteiger charge is 2.27. The summed E-state index contributed by atoms with van der Waals surface area (Å²) in [7, 11) is 3.10. The lowest BCUT2D eigenvalue weighted by molar-refractivity contribution is -0.138. The Morgan fingerprint density at radius 2 is 1.72 bits per heavy atom. The van der Waals surface area contributed by atoms with Crippen LogP contribution in [0, 0.1) is 0 Å². The van der Waals surface area contributed by atoms with E-state index < -0.39 is 6.29 Å². The van der Waals surface area contributed by atoms with Crippen molar-refractivity contribution >= 4 is 17.4 Å². The predicted octanol–water partition coefficient (Wildman–Crippen LogP) is 3.60. The largest absolute Gasteiger partial charge is 0.458 e. The molecule has 5 nitrogen and oxygen atoms in total. The SMILES string of the molecule is COC(CN(C=O)[C@H](c1ccccc1)c1cc2ccccc2o1)OC. The Kier molecular flexibility index (Phi) is 5.48. The summed E-state index contributed by atoms with van der Waals surface area (Å²) in [5.41, 5.74) is 1.75. The van der Waals surface area contributed by atoms with Crippen LogP contribution in [0.5, 0.6) is 0 Å². The average Bonchev–Trinajstić information content (AvgIpc) is 3.09. The summed E-state index contributed by atoms with van der Waals surface area (Å²) in [5.74, 6) is 0.699. The van der Waals surface area contributed by atoms with Crippen LogP contribution in [0.15, 0.2) is 65.1 Å². The minimum absolute atomic E-state index is 0.285. The highest BCUT2D eigenvalue weighted by Crippen LogP contribution is 2.32. The second kappa shape index (κ2) is 7.96. The molecule has 0 aliphatic heterocycles. The van der Waals surface area contributed by atoms with Gasteiger partial charge in [0.25, 0.3) is 0 Å². The standard InChI is InChI=1S/C20H21NO4/c1-23-19(24-2)13-21(14-22)20(15-8-4-3-5-9-15)18-12-16-10-6-7-11-17(16)25-18/h3-12,14,19-20H,13H2,1-2H3/t20-/m1/s1. The van der Waals surface area contributed by atoms with Gasteiger partial charge in [-0.2, -0.15) is 0 Å². The minimum Gasteiger partial charge on any atom is -0.458 e. The zero-order valence-corrected chi connectivity index (χ0v) is 14.3. The molecule has 0 fully saturated rings. The molecule has 0 aliphatic carbocycles. The van der Waals surface area contributed by atoms with E-state index in [0.29, 0.717) is 5.76 Å². The zero-order chi connectivity index (χ0) is 17.6. The van der Waals surface area contributed by atoms with Crippen LogP contribution < -0.4 is 0 Å². The van der Waals surface area contributed by atoms with Crippen LogP contribution in [0.25, 0.3) is 11.0 Å². The van der Waals surface area contributed by atoms with Crippen LogP contribution in [0.1, 0.15) is 17.4 Å². The van der Waals surface area contributed by atoms with Gasteiger partial charge in [-0.05, 0) is 17.7 Å². The fraction of sp³-hybridized carbons (Fsp3) is 0.250. The number of carbonyl (C=O) groups is 1. The van der Waals surface area contributed by atoms with Gasteiger partial charge in [-0.25, -0.2) is 0 Å². The topological polar surface area (TPSA) is 51.9 Å². The Labute approximate surface area is 146 Å². The number of methoxy groups -OCH3 is 2. The fourth-order valence-corrected chi connectivity index (χ4v) is 2.92. The number of carbonyl (C=O) groups excluding carboxylic acids is 1. The molecule has 0 saturated heterocycles. The summed E-state index contributed by atoms with van der Waals surface area (Å²) < 4.78 is 16.6. The first kappa shape index (κ1) is 17.2. The number of ether oxygens (including phenoxy) is 2. The van der Waals surface area contributed by atoms with E-state index in [-0.39, 0.29) is 12.6 Å². The molecule has 3 aromatic rings. The fourth-order valence-electron chi connectivity index (χ4n) is 2.92. The number of nitrogens with zero attached hydrogens (tertiary/aromatic N) is 1. The predicted molar refractivity (Wildman–Crippen MR) is 95.1 cm³/mol. The van der Waals surface area contributed by atoms with Gasteiger partial charge >= 0.3 is 0 Å². The number of furan rings is 1. The van der Waals surface area contributed by atoms with Gasteiger partial charge in [-0.15, -0.1) is 0 Å². The van der Waals surface area contributed by atoms with Crippen molar-refractivity contribution in [3.05, 3.63) is 72.0 Å². The van der Waals surface area contributed by atoms with Gasteiger partial charge in [0.1, 0.15) is 17.4 Å². The van der Waals surface area contributed by atoms with Crippen molar-refractivity contribution in [3.8, 4) is 0 Å². The molecule has 0 aliphatic rings. The first-order valence-electron chi connectivity index (χ1n) is 8.07. The Morgan fingerprint density at radius 1 is 1.04 bits per heavy atom. The molecular formula is C20H21NO4. The average molecular weight is 339 g/mol. The highest BCUT2D eigenvalue weighted by molar-refractivity contribution is 5.78. The Morgan fingerprint density at radius 3 is 2.36 bits per heavy atom. The number of rotatable bonds is 8. The van der Waals surface area contributed by atoms with Crippen molar-refractivity contribution < 1.29 is 18.7 Å². The van der Waals surface area contributed by atoms with Crippen molar-refractivity contribution in [2.24, 2.45) is 0 Å². The van der Waals surface area contributed by atoms with Crippen LogP contribution in [-0.4, -0.2) is 38.4 Å². The first-order chi connectivity index (χ1) is 12.3. The number of hydrogen-bond donors (Lipinski definition) is 0. The summed E-state index contributed by atoms with van der Waals surface area (Å²) >= 11 is 0. The molecule has 2 aromatic carbocycles. The summed E-state index contributed by atoms with van der Waals surface area (Å²) in [6.07, 6.45) is 0.288. The monoisotopic (exact) mass is 339 g/mol. The van der Waals surface area contributed by atoms with E-state index in [4.69, 9.17) is 13.9 Å². The van der Waals surface area contributed by atoms with Gasteiger partial charge in [0.05, 0.1) is 6.54 Å². The van der Waals surface area contributed by atoms with E-state index in [9.17, 15) is 4.79 Å². The lowest BCUT2D eigenvalue weighted by Gasteiger charge is -2.29. The third kappa shape index (κ3) is 3.73. The van der Waals surface area contributed by atoms with E-state index >= 15 is 0 Å². The minimum atomic E-state index is -0.513. The molecule has 1 heterocycles. The third-order valence-electron chi connectivity index (χ3n) is 4.18. The number of benzene rings is 2. The number of fused-ring (bicyclic) bond motifs is 1. The maximum Gasteiger partial charge on any atom is 0.210 e. The molecule has 0 spiro atoms. The second-order valence-electron chi connectivity index (χ2n) is 5.70. The van der Waals surface area contributed by atoms with Crippen molar-refractivity contribution in [1.29, 1.82) is 0 Å². The van der Waals surface area contributed by atoms with Crippen molar-refractivity contribution in [3.63, 3.8) is 0 Å². The van der Waals surface area contributed by atoms with Gasteiger partial charge < -0.3 is 18.8 Å². The molecule has 5 heteroatoms. The molecule has 1 atom stereocenters. The van der Waals surface area contributed by atoms with E-state index in [0.717, 1.165) is 22.9 Å². The lowest BCUT2D eigenvalue weighted by atomic mass is 10.0. The smallest absolute Gasteiger partial charge is 0.210 e. The van der Waals surface area contributed by atoms with Crippen LogP contribution in [0.2, 0.25) is 0 Å². The third-order valence-corrected chi connectivity index (χ3v) is 4.18. The zero-order valence-electron chi connectivity index (χ0n) is 14.3. The van der Waals surface area contributed by atoms with Gasteiger partial charge in [0.15, 0.2) is 6.29 Å². The summed E-state index contributed by atoms with van der Waals surface area (Å²) in [6.45, 7) is 0.285. The lowest BCUT2D eigenvalue weighted by Crippen LogP contribution is -2.36. The molecule has 0 radical (unpaired) electrons. The quantitative estimate of drug-likeness (QED) is 0.465. The molecule has 1 amide bonds. The van der Waals surface area contributed by atoms with Gasteiger partial charge in [-0.1, -0.05) is 48.5 Å². The number of amides is 1. The van der Waals surface area contributed by atoms with Crippen LogP contribution >= 0.6 is 0 Å². The molecule has 0 saturated carbocycles. The van der Waals surface area contributed by atoms with Crippen LogP contribution in [-0.2, 0) is 14.3 Å². The Bertz CT molecular complexity index is 778. The van der Waals surface area contributed by atoms with E-state index in [1.165, 1.54) is 0 Å². The maximum atomic E-state index is 11.8. The van der Waals surface area contributed by atoms with Gasteiger partial charge in [0, 0.05) is 19.6 Å².